The predicted molar refractivity (Wildman–Crippen MR) is 85.9 cm³/mol. The summed E-state index contributed by atoms with van der Waals surface area (Å²) in [6.45, 7) is 0.704. The molecule has 23 heavy (non-hydrogen) atoms. The molecule has 0 radical (unpaired) electrons. The summed E-state index contributed by atoms with van der Waals surface area (Å²) in [5.41, 5.74) is 1.43. The second-order valence-corrected chi connectivity index (χ2v) is 6.09. The van der Waals surface area contributed by atoms with Gasteiger partial charge in [0.1, 0.15) is 0 Å². The average molecular weight is 314 g/mol. The van der Waals surface area contributed by atoms with E-state index in [0.29, 0.717) is 12.2 Å². The Bertz CT molecular complexity index is 641. The molecule has 122 valence electrons. The van der Waals surface area contributed by atoms with E-state index in [0.717, 1.165) is 31.2 Å². The molecule has 2 N–H and O–H groups in total. The summed E-state index contributed by atoms with van der Waals surface area (Å²) in [5.74, 6) is -0.0678. The number of carbonyl (C=O) groups excluding carboxylic acids is 1. The van der Waals surface area contributed by atoms with Crippen LogP contribution in [0, 0.1) is 5.92 Å². The van der Waals surface area contributed by atoms with Gasteiger partial charge in [-0.15, -0.1) is 5.10 Å². The van der Waals surface area contributed by atoms with Gasteiger partial charge < -0.3 is 10.4 Å². The molecule has 0 saturated heterocycles. The Morgan fingerprint density at radius 3 is 2.83 bits per heavy atom. The van der Waals surface area contributed by atoms with Gasteiger partial charge in [-0.25, -0.2) is 4.68 Å². The first-order valence-corrected chi connectivity index (χ1v) is 8.12. The fraction of sp³-hybridized carbons (Fsp3) is 0.471. The van der Waals surface area contributed by atoms with Crippen molar-refractivity contribution in [3.8, 4) is 0 Å². The third kappa shape index (κ3) is 3.96. The summed E-state index contributed by atoms with van der Waals surface area (Å²) in [6.07, 6.45) is 5.74. The Hall–Kier alpha value is -2.21. The number of amides is 1. The highest BCUT2D eigenvalue weighted by molar-refractivity contribution is 5.92. The van der Waals surface area contributed by atoms with Gasteiger partial charge in [0.2, 0.25) is 0 Å². The number of rotatable bonds is 5. The Balaban J connectivity index is 1.62. The number of nitrogens with one attached hydrogen (secondary N) is 1. The van der Waals surface area contributed by atoms with Crippen LogP contribution in [0.1, 0.15) is 41.7 Å². The fourth-order valence-electron chi connectivity index (χ4n) is 3.11. The minimum Gasteiger partial charge on any atom is -0.396 e. The Kier molecular flexibility index (Phi) is 5.02. The first-order valence-electron chi connectivity index (χ1n) is 8.12. The molecule has 2 atom stereocenters. The van der Waals surface area contributed by atoms with Gasteiger partial charge in [0.05, 0.1) is 12.7 Å². The molecular weight excluding hydrogens is 292 g/mol. The van der Waals surface area contributed by atoms with Crippen LogP contribution in [-0.4, -0.2) is 38.7 Å². The number of hydrogen-bond acceptors (Lipinski definition) is 4. The molecule has 1 heterocycles. The van der Waals surface area contributed by atoms with Gasteiger partial charge in [-0.1, -0.05) is 48.4 Å². The molecule has 1 aromatic heterocycles. The first-order chi connectivity index (χ1) is 11.3. The second kappa shape index (κ2) is 7.37. The Morgan fingerprint density at radius 1 is 1.26 bits per heavy atom. The van der Waals surface area contributed by atoms with Crippen LogP contribution in [0.15, 0.2) is 36.5 Å². The first kappa shape index (κ1) is 15.7. The van der Waals surface area contributed by atoms with Crippen LogP contribution < -0.4 is 5.32 Å². The normalized spacial score (nSPS) is 21.1. The molecule has 1 saturated carbocycles. The summed E-state index contributed by atoms with van der Waals surface area (Å²) >= 11 is 0. The lowest BCUT2D eigenvalue weighted by atomic mass is 9.85. The topological polar surface area (TPSA) is 80.0 Å². The molecule has 1 aromatic carbocycles. The number of nitrogens with zero attached hydrogens (tertiary/aromatic N) is 3. The van der Waals surface area contributed by atoms with Crippen LogP contribution in [0.25, 0.3) is 0 Å². The van der Waals surface area contributed by atoms with Crippen LogP contribution in [0.2, 0.25) is 0 Å². The van der Waals surface area contributed by atoms with Crippen molar-refractivity contribution in [1.82, 2.24) is 20.3 Å². The molecule has 0 spiro atoms. The highest BCUT2D eigenvalue weighted by atomic mass is 16.3. The van der Waals surface area contributed by atoms with E-state index in [2.05, 4.69) is 15.6 Å². The van der Waals surface area contributed by atoms with E-state index in [4.69, 9.17) is 0 Å². The number of aliphatic hydroxyl groups excluding tert-OH is 1. The van der Waals surface area contributed by atoms with Gasteiger partial charge in [0, 0.05) is 18.6 Å². The predicted octanol–water partition coefficient (Wildman–Crippen LogP) is 1.61. The minimum absolute atomic E-state index is 0.0283. The van der Waals surface area contributed by atoms with Crippen LogP contribution >= 0.6 is 0 Å². The zero-order valence-corrected chi connectivity index (χ0v) is 13.1. The fourth-order valence-corrected chi connectivity index (χ4v) is 3.11. The van der Waals surface area contributed by atoms with Gasteiger partial charge in [-0.05, 0) is 18.4 Å². The van der Waals surface area contributed by atoms with Crippen molar-refractivity contribution in [3.63, 3.8) is 0 Å². The van der Waals surface area contributed by atoms with Crippen molar-refractivity contribution in [1.29, 1.82) is 0 Å². The smallest absolute Gasteiger partial charge is 0.273 e. The van der Waals surface area contributed by atoms with E-state index < -0.39 is 0 Å². The van der Waals surface area contributed by atoms with Crippen molar-refractivity contribution in [2.75, 3.05) is 6.61 Å². The van der Waals surface area contributed by atoms with E-state index in [-0.39, 0.29) is 24.5 Å². The summed E-state index contributed by atoms with van der Waals surface area (Å²) in [5, 5.41) is 20.4. The molecule has 3 rings (SSSR count). The molecule has 0 aliphatic heterocycles. The van der Waals surface area contributed by atoms with Crippen LogP contribution in [0.3, 0.4) is 0 Å². The van der Waals surface area contributed by atoms with Crippen molar-refractivity contribution in [2.24, 2.45) is 5.92 Å². The van der Waals surface area contributed by atoms with Gasteiger partial charge in [-0.2, -0.15) is 0 Å². The molecule has 0 bridgehead atoms. The van der Waals surface area contributed by atoms with E-state index in [1.54, 1.807) is 10.9 Å². The summed E-state index contributed by atoms with van der Waals surface area (Å²) in [4.78, 5) is 12.3. The third-order valence-electron chi connectivity index (χ3n) is 4.42. The molecule has 6 heteroatoms. The molecular formula is C17H22N4O2. The SMILES string of the molecule is O=C(NC1CCCCC1CO)c1cn(Cc2ccccc2)nn1. The number of aromatic nitrogens is 3. The quantitative estimate of drug-likeness (QED) is 0.878. The zero-order chi connectivity index (χ0) is 16.1. The van der Waals surface area contributed by atoms with E-state index >= 15 is 0 Å². The number of hydrogen-bond donors (Lipinski definition) is 2. The van der Waals surface area contributed by atoms with Crippen molar-refractivity contribution in [3.05, 3.63) is 47.8 Å². The second-order valence-electron chi connectivity index (χ2n) is 6.09. The largest absolute Gasteiger partial charge is 0.396 e. The van der Waals surface area contributed by atoms with Gasteiger partial charge in [0.25, 0.3) is 5.91 Å². The number of carbonyl (C=O) groups is 1. The number of aliphatic hydroxyl groups is 1. The monoisotopic (exact) mass is 314 g/mol. The molecule has 1 fully saturated rings. The summed E-state index contributed by atoms with van der Waals surface area (Å²) in [6, 6.07) is 9.95. The highest BCUT2D eigenvalue weighted by Gasteiger charge is 2.26. The maximum Gasteiger partial charge on any atom is 0.273 e. The van der Waals surface area contributed by atoms with Crippen LogP contribution in [-0.2, 0) is 6.54 Å². The molecule has 1 aliphatic rings. The maximum atomic E-state index is 12.3. The lowest BCUT2D eigenvalue weighted by Gasteiger charge is -2.30. The maximum absolute atomic E-state index is 12.3. The van der Waals surface area contributed by atoms with Gasteiger partial charge >= 0.3 is 0 Å². The standard InChI is InChI=1S/C17H22N4O2/c22-12-14-8-4-5-9-15(14)18-17(23)16-11-21(20-19-16)10-13-6-2-1-3-7-13/h1-3,6-7,11,14-15,22H,4-5,8-10,12H2,(H,18,23). The molecule has 6 nitrogen and oxygen atoms in total. The van der Waals surface area contributed by atoms with E-state index in [1.165, 1.54) is 0 Å². The van der Waals surface area contributed by atoms with E-state index in [9.17, 15) is 9.90 Å². The van der Waals surface area contributed by atoms with Crippen molar-refractivity contribution < 1.29 is 9.90 Å². The van der Waals surface area contributed by atoms with Crippen LogP contribution in [0.4, 0.5) is 0 Å². The van der Waals surface area contributed by atoms with Crippen molar-refractivity contribution in [2.45, 2.75) is 38.3 Å². The van der Waals surface area contributed by atoms with Gasteiger partial charge in [0.15, 0.2) is 5.69 Å². The minimum atomic E-state index is -0.213. The Morgan fingerprint density at radius 2 is 2.04 bits per heavy atom. The number of benzene rings is 1. The van der Waals surface area contributed by atoms with Gasteiger partial charge in [-0.3, -0.25) is 4.79 Å². The average Bonchev–Trinajstić information content (AvgIpc) is 3.05. The molecule has 1 amide bonds. The lowest BCUT2D eigenvalue weighted by Crippen LogP contribution is -2.43. The molecule has 1 aliphatic carbocycles. The summed E-state index contributed by atoms with van der Waals surface area (Å²) in [7, 11) is 0. The summed E-state index contributed by atoms with van der Waals surface area (Å²) < 4.78 is 1.66. The van der Waals surface area contributed by atoms with Crippen LogP contribution in [0.5, 0.6) is 0 Å². The highest BCUT2D eigenvalue weighted by Crippen LogP contribution is 2.24. The molecule has 2 unspecified atom stereocenters. The van der Waals surface area contributed by atoms with Crippen molar-refractivity contribution >= 4 is 5.91 Å². The molecule has 2 aromatic rings. The van der Waals surface area contributed by atoms with E-state index in [1.807, 2.05) is 30.3 Å². The third-order valence-corrected chi connectivity index (χ3v) is 4.42. The lowest BCUT2D eigenvalue weighted by molar-refractivity contribution is 0.0867. The zero-order valence-electron chi connectivity index (χ0n) is 13.1. The Labute approximate surface area is 135 Å².